The van der Waals surface area contributed by atoms with Crippen LogP contribution >= 0.6 is 0 Å². The Morgan fingerprint density at radius 3 is 3.00 bits per heavy atom. The highest BCUT2D eigenvalue weighted by molar-refractivity contribution is 5.76. The second-order valence-corrected chi connectivity index (χ2v) is 4.24. The van der Waals surface area contributed by atoms with Gasteiger partial charge in [-0.2, -0.15) is 5.26 Å². The summed E-state index contributed by atoms with van der Waals surface area (Å²) in [5.41, 5.74) is 0. The van der Waals surface area contributed by atoms with Crippen molar-refractivity contribution < 1.29 is 14.3 Å². The number of carbonyl (C=O) groups is 1. The monoisotopic (exact) mass is 260 g/mol. The molecule has 1 saturated heterocycles. The number of carbonyl (C=O) groups excluding carboxylic acids is 1. The first-order valence-electron chi connectivity index (χ1n) is 6.26. The summed E-state index contributed by atoms with van der Waals surface area (Å²) in [5.74, 6) is 0.756. The molecule has 1 fully saturated rings. The Morgan fingerprint density at radius 2 is 2.26 bits per heavy atom. The number of hydrogen-bond donors (Lipinski definition) is 0. The third-order valence-corrected chi connectivity index (χ3v) is 2.89. The molecule has 1 aliphatic rings. The zero-order chi connectivity index (χ0) is 13.5. The maximum atomic E-state index is 11.9. The van der Waals surface area contributed by atoms with Crippen molar-refractivity contribution in [2.45, 2.75) is 12.5 Å². The molecule has 0 radical (unpaired) electrons. The minimum absolute atomic E-state index is 0.000480. The second-order valence-electron chi connectivity index (χ2n) is 4.24. The van der Waals surface area contributed by atoms with Gasteiger partial charge in [0.05, 0.1) is 32.2 Å². The summed E-state index contributed by atoms with van der Waals surface area (Å²) in [6, 6.07) is 11.4. The third kappa shape index (κ3) is 3.97. The van der Waals surface area contributed by atoms with E-state index in [9.17, 15) is 4.79 Å². The lowest BCUT2D eigenvalue weighted by atomic mass is 10.2. The van der Waals surface area contributed by atoms with E-state index in [1.165, 1.54) is 0 Å². The van der Waals surface area contributed by atoms with Crippen LogP contribution in [0.2, 0.25) is 0 Å². The van der Waals surface area contributed by atoms with E-state index < -0.39 is 6.10 Å². The van der Waals surface area contributed by atoms with Crippen molar-refractivity contribution in [1.82, 2.24) is 4.90 Å². The largest absolute Gasteiger partial charge is 0.493 e. The van der Waals surface area contributed by atoms with Crippen molar-refractivity contribution in [3.05, 3.63) is 30.3 Å². The van der Waals surface area contributed by atoms with Gasteiger partial charge >= 0.3 is 0 Å². The lowest BCUT2D eigenvalue weighted by molar-refractivity contribution is -0.137. The molecule has 1 heterocycles. The Bertz CT molecular complexity index is 456. The van der Waals surface area contributed by atoms with Gasteiger partial charge in [-0.05, 0) is 12.1 Å². The van der Waals surface area contributed by atoms with Gasteiger partial charge in [0.25, 0.3) is 0 Å². The average Bonchev–Trinajstić information content (AvgIpc) is 2.48. The minimum Gasteiger partial charge on any atom is -0.493 e. The van der Waals surface area contributed by atoms with Gasteiger partial charge in [-0.15, -0.1) is 0 Å². The molecular weight excluding hydrogens is 244 g/mol. The maximum Gasteiger partial charge on any atom is 0.226 e. The van der Waals surface area contributed by atoms with Crippen LogP contribution < -0.4 is 4.74 Å². The zero-order valence-corrected chi connectivity index (χ0v) is 10.6. The second kappa shape index (κ2) is 6.76. The highest BCUT2D eigenvalue weighted by Gasteiger charge is 2.23. The van der Waals surface area contributed by atoms with E-state index in [-0.39, 0.29) is 5.91 Å². The number of nitrogens with zero attached hydrogens (tertiary/aromatic N) is 2. The van der Waals surface area contributed by atoms with Crippen molar-refractivity contribution in [2.24, 2.45) is 0 Å². The number of para-hydroxylation sites is 1. The molecule has 1 aromatic rings. The predicted octanol–water partition coefficient (Wildman–Crippen LogP) is 1.21. The Kier molecular flexibility index (Phi) is 4.76. The van der Waals surface area contributed by atoms with Crippen molar-refractivity contribution in [1.29, 1.82) is 5.26 Å². The number of benzene rings is 1. The van der Waals surface area contributed by atoms with Crippen LogP contribution in [-0.4, -0.2) is 43.2 Å². The van der Waals surface area contributed by atoms with Crippen LogP contribution in [0.25, 0.3) is 0 Å². The number of morpholine rings is 1. The van der Waals surface area contributed by atoms with Crippen molar-refractivity contribution in [2.75, 3.05) is 26.3 Å². The Labute approximate surface area is 112 Å². The molecule has 1 amide bonds. The topological polar surface area (TPSA) is 62.6 Å². The Balaban J connectivity index is 1.74. The van der Waals surface area contributed by atoms with Crippen LogP contribution in [0.4, 0.5) is 0 Å². The van der Waals surface area contributed by atoms with Gasteiger partial charge in [0.15, 0.2) is 6.10 Å². The van der Waals surface area contributed by atoms with Crippen LogP contribution in [0.1, 0.15) is 6.42 Å². The van der Waals surface area contributed by atoms with E-state index in [4.69, 9.17) is 14.7 Å². The summed E-state index contributed by atoms with van der Waals surface area (Å²) in [6.45, 7) is 1.66. The van der Waals surface area contributed by atoms with Crippen LogP contribution in [0.15, 0.2) is 30.3 Å². The number of rotatable bonds is 4. The summed E-state index contributed by atoms with van der Waals surface area (Å²) in [7, 11) is 0. The molecule has 0 spiro atoms. The molecule has 19 heavy (non-hydrogen) atoms. The number of amides is 1. The van der Waals surface area contributed by atoms with Crippen LogP contribution in [0.3, 0.4) is 0 Å². The molecule has 2 rings (SSSR count). The summed E-state index contributed by atoms with van der Waals surface area (Å²) in [6.07, 6.45) is -0.194. The van der Waals surface area contributed by atoms with E-state index in [2.05, 4.69) is 0 Å². The molecule has 100 valence electrons. The van der Waals surface area contributed by atoms with Gasteiger partial charge in [0.2, 0.25) is 5.91 Å². The summed E-state index contributed by atoms with van der Waals surface area (Å²) in [4.78, 5) is 13.6. The quantitative estimate of drug-likeness (QED) is 0.816. The highest BCUT2D eigenvalue weighted by atomic mass is 16.5. The molecule has 0 N–H and O–H groups in total. The smallest absolute Gasteiger partial charge is 0.226 e. The van der Waals surface area contributed by atoms with E-state index in [1.807, 2.05) is 36.4 Å². The van der Waals surface area contributed by atoms with E-state index in [0.717, 1.165) is 5.75 Å². The standard InChI is InChI=1S/C14H16N2O3/c15-10-13-11-16(7-9-19-13)14(17)6-8-18-12-4-2-1-3-5-12/h1-5,13H,6-9,11H2. The fourth-order valence-electron chi connectivity index (χ4n) is 1.88. The number of hydrogen-bond acceptors (Lipinski definition) is 4. The first kappa shape index (κ1) is 13.4. The summed E-state index contributed by atoms with van der Waals surface area (Å²) in [5, 5.41) is 8.78. The van der Waals surface area contributed by atoms with Crippen LogP contribution in [0, 0.1) is 11.3 Å². The molecule has 1 unspecified atom stereocenters. The van der Waals surface area contributed by atoms with E-state index >= 15 is 0 Å². The van der Waals surface area contributed by atoms with Gasteiger partial charge in [-0.3, -0.25) is 4.79 Å². The van der Waals surface area contributed by atoms with Gasteiger partial charge < -0.3 is 14.4 Å². The Morgan fingerprint density at radius 1 is 1.47 bits per heavy atom. The fraction of sp³-hybridized carbons (Fsp3) is 0.429. The molecule has 0 bridgehead atoms. The molecule has 5 nitrogen and oxygen atoms in total. The number of ether oxygens (including phenoxy) is 2. The van der Waals surface area contributed by atoms with Crippen LogP contribution in [-0.2, 0) is 9.53 Å². The van der Waals surface area contributed by atoms with E-state index in [0.29, 0.717) is 32.7 Å². The van der Waals surface area contributed by atoms with Crippen LogP contribution in [0.5, 0.6) is 5.75 Å². The SMILES string of the molecule is N#CC1CN(C(=O)CCOc2ccccc2)CCO1. The third-order valence-electron chi connectivity index (χ3n) is 2.89. The van der Waals surface area contributed by atoms with E-state index in [1.54, 1.807) is 4.90 Å². The normalized spacial score (nSPS) is 18.7. The van der Waals surface area contributed by atoms with Gasteiger partial charge in [0.1, 0.15) is 5.75 Å². The Hall–Kier alpha value is -2.06. The summed E-state index contributed by atoms with van der Waals surface area (Å²) < 4.78 is 10.7. The minimum atomic E-state index is -0.507. The number of nitriles is 1. The highest BCUT2D eigenvalue weighted by Crippen LogP contribution is 2.10. The van der Waals surface area contributed by atoms with Gasteiger partial charge in [0, 0.05) is 6.54 Å². The molecule has 1 aliphatic heterocycles. The van der Waals surface area contributed by atoms with Gasteiger partial charge in [-0.1, -0.05) is 18.2 Å². The maximum absolute atomic E-state index is 11.9. The lowest BCUT2D eigenvalue weighted by Crippen LogP contribution is -2.45. The molecule has 1 aromatic carbocycles. The summed E-state index contributed by atoms with van der Waals surface area (Å²) >= 11 is 0. The average molecular weight is 260 g/mol. The molecule has 0 saturated carbocycles. The molecular formula is C14H16N2O3. The van der Waals surface area contributed by atoms with Crippen molar-refractivity contribution in [3.63, 3.8) is 0 Å². The van der Waals surface area contributed by atoms with Gasteiger partial charge in [-0.25, -0.2) is 0 Å². The molecule has 0 aromatic heterocycles. The zero-order valence-electron chi connectivity index (χ0n) is 10.6. The van der Waals surface area contributed by atoms with Crippen molar-refractivity contribution >= 4 is 5.91 Å². The first-order chi connectivity index (χ1) is 9.29. The molecule has 1 atom stereocenters. The first-order valence-corrected chi connectivity index (χ1v) is 6.26. The fourth-order valence-corrected chi connectivity index (χ4v) is 1.88. The van der Waals surface area contributed by atoms with Crippen molar-refractivity contribution in [3.8, 4) is 11.8 Å². The molecule has 5 heteroatoms. The predicted molar refractivity (Wildman–Crippen MR) is 68.5 cm³/mol. The lowest BCUT2D eigenvalue weighted by Gasteiger charge is -2.29. The molecule has 0 aliphatic carbocycles.